The number of hydrogen-bond donors (Lipinski definition) is 3. The van der Waals surface area contributed by atoms with Gasteiger partial charge >= 0.3 is 6.03 Å². The van der Waals surface area contributed by atoms with E-state index < -0.39 is 5.54 Å². The summed E-state index contributed by atoms with van der Waals surface area (Å²) in [5.74, 6) is -0.116. The average Bonchev–Trinajstić information content (AvgIpc) is 3.06. The van der Waals surface area contributed by atoms with Crippen LogP contribution in [0, 0.1) is 6.92 Å². The largest absolute Gasteiger partial charge is 0.361 e. The highest BCUT2D eigenvalue weighted by atomic mass is 35.5. The average molecular weight is 496 g/mol. The molecule has 5 rings (SSSR count). The summed E-state index contributed by atoms with van der Waals surface area (Å²) in [5, 5.41) is 15.9. The second kappa shape index (κ2) is 10.1. The lowest BCUT2D eigenvalue weighted by atomic mass is 9.87. The van der Waals surface area contributed by atoms with Crippen LogP contribution in [0.5, 0.6) is 0 Å². The van der Waals surface area contributed by atoms with Crippen molar-refractivity contribution in [3.63, 3.8) is 0 Å². The van der Waals surface area contributed by atoms with Crippen molar-refractivity contribution in [3.8, 4) is 0 Å². The molecular formula is C25H30ClN7O2. The third kappa shape index (κ3) is 4.61. The van der Waals surface area contributed by atoms with Gasteiger partial charge in [-0.1, -0.05) is 24.3 Å². The van der Waals surface area contributed by atoms with E-state index in [1.54, 1.807) is 12.3 Å². The Kier molecular flexibility index (Phi) is 7.09. The van der Waals surface area contributed by atoms with Crippen LogP contribution in [0.25, 0.3) is 0 Å². The Labute approximate surface area is 211 Å². The van der Waals surface area contributed by atoms with E-state index in [4.69, 9.17) is 0 Å². The number of amides is 2. The Morgan fingerprint density at radius 1 is 1.20 bits per heavy atom. The number of urea groups is 1. The lowest BCUT2D eigenvalue weighted by Gasteiger charge is -2.34. The molecule has 1 atom stereocenters. The molecule has 3 aliphatic heterocycles. The number of carbonyl (C=O) groups is 2. The second-order valence-electron chi connectivity index (χ2n) is 8.84. The summed E-state index contributed by atoms with van der Waals surface area (Å²) in [7, 11) is 1.89. The molecule has 2 amide bonds. The van der Waals surface area contributed by atoms with Crippen molar-refractivity contribution in [1.82, 2.24) is 25.9 Å². The van der Waals surface area contributed by atoms with E-state index >= 15 is 0 Å². The van der Waals surface area contributed by atoms with E-state index in [1.165, 1.54) is 0 Å². The number of ketones is 1. The summed E-state index contributed by atoms with van der Waals surface area (Å²) >= 11 is 0. The Hall–Kier alpha value is -3.43. The van der Waals surface area contributed by atoms with Crippen molar-refractivity contribution in [2.24, 2.45) is 10.1 Å². The predicted octanol–water partition coefficient (Wildman–Crippen LogP) is 2.11. The summed E-state index contributed by atoms with van der Waals surface area (Å²) < 4.78 is 0. The summed E-state index contributed by atoms with van der Waals surface area (Å²) in [6, 6.07) is 5.54. The Balaban J connectivity index is 0.00000289. The van der Waals surface area contributed by atoms with Crippen molar-refractivity contribution in [1.29, 1.82) is 0 Å². The number of rotatable bonds is 4. The number of hydrazone groups is 1. The monoisotopic (exact) mass is 495 g/mol. The quantitative estimate of drug-likeness (QED) is 0.555. The molecule has 1 fully saturated rings. The van der Waals surface area contributed by atoms with Crippen LogP contribution in [-0.2, 0) is 6.54 Å². The minimum absolute atomic E-state index is 0. The van der Waals surface area contributed by atoms with Gasteiger partial charge in [0.25, 0.3) is 0 Å². The fourth-order valence-electron chi connectivity index (χ4n) is 4.73. The first-order valence-electron chi connectivity index (χ1n) is 11.6. The molecule has 10 heteroatoms. The molecule has 35 heavy (non-hydrogen) atoms. The number of aryl methyl sites for hydroxylation is 1. The molecule has 4 aliphatic rings. The first-order chi connectivity index (χ1) is 16.5. The van der Waals surface area contributed by atoms with Gasteiger partial charge in [-0.25, -0.2) is 4.79 Å². The van der Waals surface area contributed by atoms with Gasteiger partial charge in [0.1, 0.15) is 0 Å². The minimum Gasteiger partial charge on any atom is -0.361 e. The number of likely N-dealkylation sites (N-methyl/N-ethyl adjacent to an activating group) is 1. The zero-order valence-electron chi connectivity index (χ0n) is 19.9. The van der Waals surface area contributed by atoms with Crippen molar-refractivity contribution >= 4 is 36.7 Å². The van der Waals surface area contributed by atoms with E-state index in [-0.39, 0.29) is 24.2 Å². The fourth-order valence-corrected chi connectivity index (χ4v) is 4.73. The maximum Gasteiger partial charge on any atom is 0.317 e. The number of halogens is 1. The van der Waals surface area contributed by atoms with E-state index in [0.717, 1.165) is 42.0 Å². The molecule has 1 unspecified atom stereocenters. The molecule has 1 aromatic carbocycles. The standard InChI is InChI=1S/C25H29N7O2.ClH/c1-17-14-18(6-7-19(17)15-28-24(34)32-12-10-26-11-13-32)23(33)20-8-9-27-21-4-3-5-22-25(21,30-20)16-29-31(22)2;/h4-9,14,16,26,30H,3,10-13,15H2,1-2H3,(H,28,34);1H. The first-order valence-corrected chi connectivity index (χ1v) is 11.6. The lowest BCUT2D eigenvalue weighted by Crippen LogP contribution is -2.50. The molecule has 9 nitrogen and oxygen atoms in total. The van der Waals surface area contributed by atoms with Crippen LogP contribution in [0.1, 0.15) is 27.9 Å². The minimum atomic E-state index is -0.731. The van der Waals surface area contributed by atoms with Gasteiger partial charge in [-0.2, -0.15) is 5.10 Å². The molecule has 0 saturated carbocycles. The van der Waals surface area contributed by atoms with Gasteiger partial charge in [0, 0.05) is 51.5 Å². The molecule has 184 valence electrons. The zero-order valence-corrected chi connectivity index (χ0v) is 20.7. The highest BCUT2D eigenvalue weighted by molar-refractivity contribution is 6.11. The molecule has 1 spiro atoms. The number of Topliss-reactive ketones (excluding diaryl/α,β-unsaturated/α-hetero) is 1. The molecule has 3 heterocycles. The van der Waals surface area contributed by atoms with Gasteiger partial charge in [-0.15, -0.1) is 12.4 Å². The summed E-state index contributed by atoms with van der Waals surface area (Å²) in [6.45, 7) is 5.43. The maximum atomic E-state index is 13.5. The molecule has 1 aromatic rings. The molecule has 3 N–H and O–H groups in total. The topological polar surface area (TPSA) is 101 Å². The van der Waals surface area contributed by atoms with Crippen LogP contribution in [0.2, 0.25) is 0 Å². The van der Waals surface area contributed by atoms with Crippen molar-refractivity contribution < 1.29 is 9.59 Å². The molecule has 0 aromatic heterocycles. The van der Waals surface area contributed by atoms with Crippen LogP contribution in [0.15, 0.2) is 63.6 Å². The van der Waals surface area contributed by atoms with E-state index in [9.17, 15) is 9.59 Å². The molecular weight excluding hydrogens is 466 g/mol. The van der Waals surface area contributed by atoms with Crippen molar-refractivity contribution in [3.05, 3.63) is 70.2 Å². The first kappa shape index (κ1) is 24.7. The maximum absolute atomic E-state index is 13.5. The van der Waals surface area contributed by atoms with E-state index in [0.29, 0.717) is 30.9 Å². The number of carbonyl (C=O) groups excluding carboxylic acids is 2. The number of nitrogens with one attached hydrogen (secondary N) is 3. The van der Waals surface area contributed by atoms with Crippen LogP contribution < -0.4 is 16.0 Å². The van der Waals surface area contributed by atoms with Crippen molar-refractivity contribution in [2.45, 2.75) is 25.4 Å². The number of aliphatic imine (C=N–C) groups is 1. The number of piperazine rings is 1. The Bertz CT molecular complexity index is 1180. The van der Waals surface area contributed by atoms with Crippen LogP contribution in [0.3, 0.4) is 0 Å². The lowest BCUT2D eigenvalue weighted by molar-refractivity contribution is 0.102. The normalized spacial score (nSPS) is 22.5. The molecule has 1 saturated heterocycles. The zero-order chi connectivity index (χ0) is 23.7. The fraction of sp³-hybridized carbons (Fsp3) is 0.360. The molecule has 0 bridgehead atoms. The smallest absolute Gasteiger partial charge is 0.317 e. The highest BCUT2D eigenvalue weighted by Gasteiger charge is 2.46. The van der Waals surface area contributed by atoms with Gasteiger partial charge < -0.3 is 20.9 Å². The summed E-state index contributed by atoms with van der Waals surface area (Å²) in [6.07, 6.45) is 10.1. The third-order valence-electron chi connectivity index (χ3n) is 6.67. The molecule has 1 aliphatic carbocycles. The van der Waals surface area contributed by atoms with Crippen LogP contribution >= 0.6 is 12.4 Å². The molecule has 0 radical (unpaired) electrons. The number of nitrogens with zero attached hydrogens (tertiary/aromatic N) is 4. The second-order valence-corrected chi connectivity index (χ2v) is 8.84. The van der Waals surface area contributed by atoms with Crippen LogP contribution in [-0.4, -0.2) is 72.9 Å². The third-order valence-corrected chi connectivity index (χ3v) is 6.67. The number of hydrogen-bond acceptors (Lipinski definition) is 7. The van der Waals surface area contributed by atoms with Gasteiger partial charge in [0.15, 0.2) is 5.54 Å². The SMILES string of the molecule is Cc1cc(C(=O)C2=CC=NC3=CCC=C4N(C)N=CC34N2)ccc1CNC(=O)N1CCNCC1.Cl. The number of benzene rings is 1. The Morgan fingerprint density at radius 3 is 2.77 bits per heavy atom. The Morgan fingerprint density at radius 2 is 2.00 bits per heavy atom. The highest BCUT2D eigenvalue weighted by Crippen LogP contribution is 2.37. The van der Waals surface area contributed by atoms with Crippen molar-refractivity contribution in [2.75, 3.05) is 33.2 Å². The van der Waals surface area contributed by atoms with E-state index in [2.05, 4.69) is 32.1 Å². The van der Waals surface area contributed by atoms with Gasteiger partial charge in [0.2, 0.25) is 5.78 Å². The number of allylic oxidation sites excluding steroid dienone is 4. The summed E-state index contributed by atoms with van der Waals surface area (Å²) in [4.78, 5) is 32.3. The van der Waals surface area contributed by atoms with Crippen LogP contribution in [0.4, 0.5) is 4.79 Å². The van der Waals surface area contributed by atoms with Gasteiger partial charge in [0.05, 0.1) is 23.3 Å². The van der Waals surface area contributed by atoms with E-state index in [1.807, 2.05) is 54.4 Å². The summed E-state index contributed by atoms with van der Waals surface area (Å²) in [5.41, 5.74) is 4.04. The van der Waals surface area contributed by atoms with Gasteiger partial charge in [-0.3, -0.25) is 14.8 Å². The predicted molar refractivity (Wildman–Crippen MR) is 139 cm³/mol. The van der Waals surface area contributed by atoms with Gasteiger partial charge in [-0.05, 0) is 36.6 Å².